The zero-order valence-electron chi connectivity index (χ0n) is 17.2. The minimum absolute atomic E-state index is 0.177. The number of aliphatic carboxylic acids is 1. The van der Waals surface area contributed by atoms with Gasteiger partial charge in [-0.1, -0.05) is 13.8 Å². The SMILES string of the molecule is CSCCC(NC(=O)C(CC(N)=O)NC(=O)C(N)CO)C(=O)NC(C(=O)O)C(C)C. The van der Waals surface area contributed by atoms with Gasteiger partial charge in [0.1, 0.15) is 24.2 Å². The predicted octanol–water partition coefficient (Wildman–Crippen LogP) is -2.87. The van der Waals surface area contributed by atoms with Crippen molar-refractivity contribution in [2.45, 2.75) is 50.9 Å². The molecule has 30 heavy (non-hydrogen) atoms. The van der Waals surface area contributed by atoms with Gasteiger partial charge in [0.25, 0.3) is 0 Å². The van der Waals surface area contributed by atoms with Crippen LogP contribution < -0.4 is 27.4 Å². The minimum atomic E-state index is -1.42. The fourth-order valence-electron chi connectivity index (χ4n) is 2.32. The van der Waals surface area contributed by atoms with E-state index in [0.717, 1.165) is 0 Å². The van der Waals surface area contributed by atoms with E-state index >= 15 is 0 Å². The van der Waals surface area contributed by atoms with Gasteiger partial charge in [0, 0.05) is 0 Å². The zero-order chi connectivity index (χ0) is 23.4. The highest BCUT2D eigenvalue weighted by Gasteiger charge is 2.31. The van der Waals surface area contributed by atoms with Crippen LogP contribution >= 0.6 is 11.8 Å². The Hall–Kier alpha value is -2.38. The molecule has 0 spiro atoms. The van der Waals surface area contributed by atoms with E-state index in [1.165, 1.54) is 11.8 Å². The number of nitrogens with one attached hydrogen (secondary N) is 3. The predicted molar refractivity (Wildman–Crippen MR) is 110 cm³/mol. The maximum Gasteiger partial charge on any atom is 0.326 e. The average molecular weight is 450 g/mol. The molecule has 0 saturated heterocycles. The molecule has 0 bridgehead atoms. The van der Waals surface area contributed by atoms with Gasteiger partial charge < -0.3 is 37.6 Å². The van der Waals surface area contributed by atoms with E-state index < -0.39 is 72.7 Å². The van der Waals surface area contributed by atoms with E-state index in [4.69, 9.17) is 16.6 Å². The number of aliphatic hydroxyl groups is 1. The molecule has 4 unspecified atom stereocenters. The summed E-state index contributed by atoms with van der Waals surface area (Å²) >= 11 is 1.41. The van der Waals surface area contributed by atoms with Crippen molar-refractivity contribution in [2.75, 3.05) is 18.6 Å². The number of aliphatic hydroxyl groups excluding tert-OH is 1. The Kier molecular flexibility index (Phi) is 12.7. The first-order valence-electron chi connectivity index (χ1n) is 9.22. The van der Waals surface area contributed by atoms with Gasteiger partial charge in [-0.2, -0.15) is 11.8 Å². The van der Waals surface area contributed by atoms with Crippen LogP contribution in [0.2, 0.25) is 0 Å². The van der Waals surface area contributed by atoms with Crippen molar-refractivity contribution in [1.82, 2.24) is 16.0 Å². The normalized spacial score (nSPS) is 14.9. The fraction of sp³-hybridized carbons (Fsp3) is 0.706. The number of hydrogen-bond donors (Lipinski definition) is 7. The number of amides is 4. The van der Waals surface area contributed by atoms with Gasteiger partial charge in [-0.05, 0) is 24.3 Å². The molecular formula is C17H31N5O7S. The molecule has 13 heteroatoms. The molecule has 0 aromatic carbocycles. The second-order valence-electron chi connectivity index (χ2n) is 6.93. The minimum Gasteiger partial charge on any atom is -0.480 e. The number of nitrogens with two attached hydrogens (primary N) is 2. The van der Waals surface area contributed by atoms with E-state index in [1.54, 1.807) is 20.1 Å². The summed E-state index contributed by atoms with van der Waals surface area (Å²) in [5.41, 5.74) is 10.5. The summed E-state index contributed by atoms with van der Waals surface area (Å²) in [6.45, 7) is 2.57. The lowest BCUT2D eigenvalue weighted by molar-refractivity contribution is -0.143. The lowest BCUT2D eigenvalue weighted by atomic mass is 10.0. The molecule has 0 aromatic rings. The van der Waals surface area contributed by atoms with E-state index in [0.29, 0.717) is 5.75 Å². The molecule has 0 aliphatic carbocycles. The van der Waals surface area contributed by atoms with Crippen LogP contribution in [0.4, 0.5) is 0 Å². The third kappa shape index (κ3) is 9.89. The molecule has 0 saturated carbocycles. The van der Waals surface area contributed by atoms with E-state index in [-0.39, 0.29) is 6.42 Å². The summed E-state index contributed by atoms with van der Waals surface area (Å²) < 4.78 is 0. The van der Waals surface area contributed by atoms with Crippen molar-refractivity contribution in [2.24, 2.45) is 17.4 Å². The van der Waals surface area contributed by atoms with Gasteiger partial charge in [0.15, 0.2) is 0 Å². The summed E-state index contributed by atoms with van der Waals surface area (Å²) in [4.78, 5) is 59.7. The van der Waals surface area contributed by atoms with Crippen LogP contribution in [0, 0.1) is 5.92 Å². The van der Waals surface area contributed by atoms with Gasteiger partial charge >= 0.3 is 5.97 Å². The third-order valence-electron chi connectivity index (χ3n) is 4.05. The lowest BCUT2D eigenvalue weighted by Gasteiger charge is -2.25. The van der Waals surface area contributed by atoms with E-state index in [1.807, 2.05) is 0 Å². The van der Waals surface area contributed by atoms with Crippen LogP contribution in [0.5, 0.6) is 0 Å². The number of primary amides is 1. The van der Waals surface area contributed by atoms with E-state index in [9.17, 15) is 29.1 Å². The highest BCUT2D eigenvalue weighted by atomic mass is 32.2. The standard InChI is InChI=1S/C17H31N5O7S/c1-8(2)13(17(28)29)22-15(26)10(4-5-30-3)20-16(27)11(6-12(19)24)21-14(25)9(18)7-23/h8-11,13,23H,4-7,18H2,1-3H3,(H2,19,24)(H,20,27)(H,21,25)(H,22,26)(H,28,29). The summed E-state index contributed by atoms with van der Waals surface area (Å²) in [5.74, 6) is -4.49. The summed E-state index contributed by atoms with van der Waals surface area (Å²) in [7, 11) is 0. The number of carboxylic acids is 1. The Morgan fingerprint density at radius 1 is 0.967 bits per heavy atom. The Bertz CT molecular complexity index is 632. The maximum absolute atomic E-state index is 12.6. The number of rotatable bonds is 14. The van der Waals surface area contributed by atoms with Crippen LogP contribution in [0.15, 0.2) is 0 Å². The molecule has 12 nitrogen and oxygen atoms in total. The Labute approximate surface area is 178 Å². The summed E-state index contributed by atoms with van der Waals surface area (Å²) in [6, 6.07) is -5.00. The lowest BCUT2D eigenvalue weighted by Crippen LogP contribution is -2.58. The quantitative estimate of drug-likeness (QED) is 0.145. The molecule has 0 aliphatic heterocycles. The van der Waals surface area contributed by atoms with Crippen LogP contribution in [0.3, 0.4) is 0 Å². The van der Waals surface area contributed by atoms with Gasteiger partial charge in [0.05, 0.1) is 13.0 Å². The van der Waals surface area contributed by atoms with E-state index in [2.05, 4.69) is 16.0 Å². The fourth-order valence-corrected chi connectivity index (χ4v) is 2.79. The van der Waals surface area contributed by atoms with Gasteiger partial charge in [-0.15, -0.1) is 0 Å². The first kappa shape index (κ1) is 27.6. The number of thioether (sulfide) groups is 1. The average Bonchev–Trinajstić information content (AvgIpc) is 2.66. The Morgan fingerprint density at radius 3 is 1.93 bits per heavy atom. The molecule has 0 rings (SSSR count). The smallest absolute Gasteiger partial charge is 0.326 e. The molecule has 172 valence electrons. The molecule has 0 radical (unpaired) electrons. The molecule has 4 atom stereocenters. The van der Waals surface area contributed by atoms with Crippen molar-refractivity contribution in [1.29, 1.82) is 0 Å². The Balaban J connectivity index is 5.43. The highest BCUT2D eigenvalue weighted by molar-refractivity contribution is 7.98. The van der Waals surface area contributed by atoms with Gasteiger partial charge in [-0.25, -0.2) is 4.79 Å². The molecule has 9 N–H and O–H groups in total. The van der Waals surface area contributed by atoms with Crippen LogP contribution in [0.25, 0.3) is 0 Å². The number of carboxylic acid groups (broad SMARTS) is 1. The van der Waals surface area contributed by atoms with Crippen molar-refractivity contribution >= 4 is 41.4 Å². The summed E-state index contributed by atoms with van der Waals surface area (Å²) in [5, 5.41) is 25.2. The second kappa shape index (κ2) is 13.8. The largest absolute Gasteiger partial charge is 0.480 e. The molecule has 0 fully saturated rings. The zero-order valence-corrected chi connectivity index (χ0v) is 18.0. The molecular weight excluding hydrogens is 418 g/mol. The Morgan fingerprint density at radius 2 is 1.50 bits per heavy atom. The number of carbonyl (C=O) groups excluding carboxylic acids is 4. The van der Waals surface area contributed by atoms with Crippen molar-refractivity contribution in [3.63, 3.8) is 0 Å². The molecule has 0 heterocycles. The number of hydrogen-bond acceptors (Lipinski definition) is 8. The van der Waals surface area contributed by atoms with Crippen LogP contribution in [0.1, 0.15) is 26.7 Å². The topological polar surface area (TPSA) is 214 Å². The highest BCUT2D eigenvalue weighted by Crippen LogP contribution is 2.06. The van der Waals surface area contributed by atoms with Crippen molar-refractivity contribution < 1.29 is 34.2 Å². The van der Waals surface area contributed by atoms with Crippen LogP contribution in [-0.4, -0.2) is 82.6 Å². The second-order valence-corrected chi connectivity index (χ2v) is 7.92. The third-order valence-corrected chi connectivity index (χ3v) is 4.69. The van der Waals surface area contributed by atoms with Gasteiger partial charge in [-0.3, -0.25) is 19.2 Å². The number of carbonyl (C=O) groups is 5. The molecule has 0 aromatic heterocycles. The van der Waals surface area contributed by atoms with Crippen LogP contribution in [-0.2, 0) is 24.0 Å². The molecule has 0 aliphatic rings. The first-order valence-corrected chi connectivity index (χ1v) is 10.6. The van der Waals surface area contributed by atoms with Crippen molar-refractivity contribution in [3.8, 4) is 0 Å². The monoisotopic (exact) mass is 449 g/mol. The first-order chi connectivity index (χ1) is 13.9. The molecule has 4 amide bonds. The maximum atomic E-state index is 12.6. The summed E-state index contributed by atoms with van der Waals surface area (Å²) in [6.07, 6.45) is 1.41. The van der Waals surface area contributed by atoms with Gasteiger partial charge in [0.2, 0.25) is 23.6 Å². The van der Waals surface area contributed by atoms with Crippen molar-refractivity contribution in [3.05, 3.63) is 0 Å².